The molecule has 0 N–H and O–H groups in total. The van der Waals surface area contributed by atoms with Gasteiger partial charge in [0, 0.05) is 62.2 Å². The Morgan fingerprint density at radius 2 is 1.86 bits per heavy atom. The van der Waals surface area contributed by atoms with Crippen LogP contribution >= 0.6 is 11.6 Å². The van der Waals surface area contributed by atoms with Crippen LogP contribution in [0.15, 0.2) is 30.5 Å². The molecular formula is C27H37ClN4O3. The molecule has 0 saturated carbocycles. The van der Waals surface area contributed by atoms with Gasteiger partial charge < -0.3 is 14.5 Å². The first-order valence-electron chi connectivity index (χ1n) is 12.8. The summed E-state index contributed by atoms with van der Waals surface area (Å²) in [6.45, 7) is 5.34. The molecular weight excluding hydrogens is 464 g/mol. The Labute approximate surface area is 213 Å². The molecule has 0 bridgehead atoms. The van der Waals surface area contributed by atoms with Crippen LogP contribution in [0.25, 0.3) is 0 Å². The summed E-state index contributed by atoms with van der Waals surface area (Å²) < 4.78 is 8.03. The highest BCUT2D eigenvalue weighted by atomic mass is 35.5. The van der Waals surface area contributed by atoms with Crippen molar-refractivity contribution in [3.05, 3.63) is 46.7 Å². The van der Waals surface area contributed by atoms with E-state index in [1.165, 1.54) is 6.42 Å². The second-order valence-corrected chi connectivity index (χ2v) is 10.6. The van der Waals surface area contributed by atoms with E-state index in [0.29, 0.717) is 43.2 Å². The normalized spacial score (nSPS) is 20.7. The number of ether oxygens (including phenoxy) is 1. The molecule has 0 aliphatic carbocycles. The van der Waals surface area contributed by atoms with Gasteiger partial charge in [-0.25, -0.2) is 0 Å². The summed E-state index contributed by atoms with van der Waals surface area (Å²) in [7, 11) is 1.92. The first kappa shape index (κ1) is 25.5. The molecule has 0 radical (unpaired) electrons. The molecule has 0 spiro atoms. The third-order valence-corrected chi connectivity index (χ3v) is 7.77. The number of nitrogens with zero attached hydrogens (tertiary/aromatic N) is 4. The molecule has 190 valence electrons. The SMILES string of the molecule is Cc1c(CCC(=O)N2CCC[C@](COc3cccc(Cl)c3)(CC(=O)N3CCCCC3)C2)cnn1C. The molecule has 1 aromatic carbocycles. The van der Waals surface area contributed by atoms with Gasteiger partial charge in [0.2, 0.25) is 11.8 Å². The minimum absolute atomic E-state index is 0.130. The average molecular weight is 501 g/mol. The van der Waals surface area contributed by atoms with E-state index < -0.39 is 5.41 Å². The maximum atomic E-state index is 13.3. The number of aryl methyl sites for hydroxylation is 2. The van der Waals surface area contributed by atoms with Crippen molar-refractivity contribution >= 4 is 23.4 Å². The third kappa shape index (κ3) is 6.57. The zero-order valence-electron chi connectivity index (χ0n) is 21.0. The van der Waals surface area contributed by atoms with E-state index in [0.717, 1.165) is 56.6 Å². The van der Waals surface area contributed by atoms with Crippen LogP contribution < -0.4 is 4.74 Å². The van der Waals surface area contributed by atoms with Crippen molar-refractivity contribution in [3.63, 3.8) is 0 Å². The molecule has 1 atom stereocenters. The average Bonchev–Trinajstić information content (AvgIpc) is 3.19. The number of carbonyl (C=O) groups is 2. The van der Waals surface area contributed by atoms with E-state index in [4.69, 9.17) is 16.3 Å². The second-order valence-electron chi connectivity index (χ2n) is 10.2. The fraction of sp³-hybridized carbons (Fsp3) is 0.593. The summed E-state index contributed by atoms with van der Waals surface area (Å²) in [5.74, 6) is 1.00. The molecule has 2 saturated heterocycles. The minimum atomic E-state index is -0.408. The van der Waals surface area contributed by atoms with E-state index in [1.54, 1.807) is 6.07 Å². The largest absolute Gasteiger partial charge is 0.493 e. The van der Waals surface area contributed by atoms with E-state index in [1.807, 2.05) is 52.8 Å². The van der Waals surface area contributed by atoms with Gasteiger partial charge in [-0.2, -0.15) is 5.10 Å². The molecule has 0 unspecified atom stereocenters. The van der Waals surface area contributed by atoms with Gasteiger partial charge in [0.05, 0.1) is 12.8 Å². The number of hydrogen-bond acceptors (Lipinski definition) is 4. The van der Waals surface area contributed by atoms with Crippen LogP contribution in [0.2, 0.25) is 5.02 Å². The van der Waals surface area contributed by atoms with E-state index in [9.17, 15) is 9.59 Å². The van der Waals surface area contributed by atoms with Crippen LogP contribution in [0.5, 0.6) is 5.75 Å². The Kier molecular flexibility index (Phi) is 8.37. The Hall–Kier alpha value is -2.54. The topological polar surface area (TPSA) is 67.7 Å². The summed E-state index contributed by atoms with van der Waals surface area (Å²) in [4.78, 5) is 30.5. The van der Waals surface area contributed by atoms with Gasteiger partial charge >= 0.3 is 0 Å². The van der Waals surface area contributed by atoms with Gasteiger partial charge in [-0.15, -0.1) is 0 Å². The van der Waals surface area contributed by atoms with Crippen molar-refractivity contribution in [2.24, 2.45) is 12.5 Å². The lowest BCUT2D eigenvalue weighted by Crippen LogP contribution is -2.51. The molecule has 4 rings (SSSR count). The fourth-order valence-electron chi connectivity index (χ4n) is 5.29. The summed E-state index contributed by atoms with van der Waals surface area (Å²) in [5.41, 5.74) is 1.79. The third-order valence-electron chi connectivity index (χ3n) is 7.54. The monoisotopic (exact) mass is 500 g/mol. The second kappa shape index (κ2) is 11.5. The van der Waals surface area contributed by atoms with Gasteiger partial charge in [-0.05, 0) is 69.2 Å². The number of aromatic nitrogens is 2. The smallest absolute Gasteiger partial charge is 0.223 e. The molecule has 2 amide bonds. The van der Waals surface area contributed by atoms with Crippen LogP contribution in [0.4, 0.5) is 0 Å². The number of rotatable bonds is 8. The number of amides is 2. The van der Waals surface area contributed by atoms with E-state index in [2.05, 4.69) is 5.10 Å². The van der Waals surface area contributed by atoms with Crippen molar-refractivity contribution in [1.82, 2.24) is 19.6 Å². The number of benzene rings is 1. The molecule has 3 heterocycles. The predicted molar refractivity (Wildman–Crippen MR) is 137 cm³/mol. The van der Waals surface area contributed by atoms with Gasteiger partial charge in [0.1, 0.15) is 5.75 Å². The summed E-state index contributed by atoms with van der Waals surface area (Å²) >= 11 is 6.15. The minimum Gasteiger partial charge on any atom is -0.493 e. The van der Waals surface area contributed by atoms with Gasteiger partial charge in [-0.1, -0.05) is 17.7 Å². The molecule has 1 aromatic heterocycles. The highest BCUT2D eigenvalue weighted by molar-refractivity contribution is 6.30. The number of likely N-dealkylation sites (tertiary alicyclic amines) is 2. The first-order chi connectivity index (χ1) is 16.8. The highest BCUT2D eigenvalue weighted by Gasteiger charge is 2.41. The Balaban J connectivity index is 1.45. The lowest BCUT2D eigenvalue weighted by atomic mass is 9.77. The van der Waals surface area contributed by atoms with Crippen molar-refractivity contribution in [2.45, 2.75) is 58.3 Å². The predicted octanol–water partition coefficient (Wildman–Crippen LogP) is 4.40. The van der Waals surface area contributed by atoms with Crippen LogP contribution in [0.3, 0.4) is 0 Å². The summed E-state index contributed by atoms with van der Waals surface area (Å²) in [6.07, 6.45) is 8.41. The molecule has 2 aromatic rings. The molecule has 35 heavy (non-hydrogen) atoms. The van der Waals surface area contributed by atoms with Crippen LogP contribution in [0, 0.1) is 12.3 Å². The zero-order valence-corrected chi connectivity index (χ0v) is 21.7. The summed E-state index contributed by atoms with van der Waals surface area (Å²) in [5, 5.41) is 4.91. The van der Waals surface area contributed by atoms with Crippen LogP contribution in [-0.2, 0) is 23.1 Å². The maximum Gasteiger partial charge on any atom is 0.223 e. The van der Waals surface area contributed by atoms with Gasteiger partial charge in [0.25, 0.3) is 0 Å². The number of piperidine rings is 2. The number of carbonyl (C=O) groups excluding carboxylic acids is 2. The van der Waals surface area contributed by atoms with Crippen molar-refractivity contribution in [3.8, 4) is 5.75 Å². The van der Waals surface area contributed by atoms with E-state index >= 15 is 0 Å². The molecule has 8 heteroatoms. The number of hydrogen-bond donors (Lipinski definition) is 0. The molecule has 2 aliphatic heterocycles. The van der Waals surface area contributed by atoms with Crippen molar-refractivity contribution < 1.29 is 14.3 Å². The van der Waals surface area contributed by atoms with Crippen molar-refractivity contribution in [1.29, 1.82) is 0 Å². The van der Waals surface area contributed by atoms with Crippen LogP contribution in [0.1, 0.15) is 56.2 Å². The molecule has 7 nitrogen and oxygen atoms in total. The lowest BCUT2D eigenvalue weighted by molar-refractivity contribution is -0.142. The zero-order chi connectivity index (χ0) is 24.8. The Morgan fingerprint density at radius 3 is 2.57 bits per heavy atom. The molecule has 2 fully saturated rings. The molecule has 2 aliphatic rings. The standard InChI is InChI=1S/C27H37ClN4O3/c1-21-22(18-29-30(21)2)10-11-25(33)32-15-7-12-27(19-32,17-26(34)31-13-4-3-5-14-31)20-35-24-9-6-8-23(28)16-24/h6,8-9,16,18H,3-5,7,10-15,17,19-20H2,1-2H3/t27-/m0/s1. The maximum absolute atomic E-state index is 13.3. The first-order valence-corrected chi connectivity index (χ1v) is 13.1. The van der Waals surface area contributed by atoms with Gasteiger partial charge in [0.15, 0.2) is 0 Å². The lowest BCUT2D eigenvalue weighted by Gasteiger charge is -2.43. The van der Waals surface area contributed by atoms with E-state index in [-0.39, 0.29) is 11.8 Å². The summed E-state index contributed by atoms with van der Waals surface area (Å²) in [6, 6.07) is 7.35. The van der Waals surface area contributed by atoms with Gasteiger partial charge in [-0.3, -0.25) is 14.3 Å². The fourth-order valence-corrected chi connectivity index (χ4v) is 5.47. The Morgan fingerprint density at radius 1 is 1.09 bits per heavy atom. The van der Waals surface area contributed by atoms with Crippen molar-refractivity contribution in [2.75, 3.05) is 32.8 Å². The quantitative estimate of drug-likeness (QED) is 0.538. The number of halogens is 1. The van der Waals surface area contributed by atoms with Crippen LogP contribution in [-0.4, -0.2) is 64.2 Å². The Bertz CT molecular complexity index is 1030. The highest BCUT2D eigenvalue weighted by Crippen LogP contribution is 2.36.